The number of anilines is 3. The molecule has 2 rings (SSSR count). The van der Waals surface area contributed by atoms with Crippen LogP contribution in [0, 0.1) is 0 Å². The average molecular weight is 223 g/mol. The lowest BCUT2D eigenvalue weighted by Crippen LogP contribution is -2.13. The summed E-state index contributed by atoms with van der Waals surface area (Å²) >= 11 is 2.05. The molecule has 1 aromatic rings. The number of benzene rings is 1. The summed E-state index contributed by atoms with van der Waals surface area (Å²) in [5, 5.41) is 4.15. The molecule has 1 saturated heterocycles. The fraction of sp³-hybridized carbons (Fsp3) is 0.455. The van der Waals surface area contributed by atoms with E-state index in [4.69, 9.17) is 11.5 Å². The van der Waals surface area contributed by atoms with Crippen molar-refractivity contribution < 1.29 is 0 Å². The summed E-state index contributed by atoms with van der Waals surface area (Å²) in [6.45, 7) is 1.02. The van der Waals surface area contributed by atoms with E-state index < -0.39 is 0 Å². The highest BCUT2D eigenvalue weighted by atomic mass is 32.2. The quantitative estimate of drug-likeness (QED) is 0.687. The van der Waals surface area contributed by atoms with Crippen LogP contribution in [-0.4, -0.2) is 17.5 Å². The minimum absolute atomic E-state index is 0.649. The largest absolute Gasteiger partial charge is 0.397 e. The number of hydrogen-bond donors (Lipinski definition) is 3. The Morgan fingerprint density at radius 2 is 2.20 bits per heavy atom. The molecule has 1 aliphatic heterocycles. The molecule has 1 unspecified atom stereocenters. The first kappa shape index (κ1) is 10.5. The molecule has 0 saturated carbocycles. The predicted octanol–water partition coefficient (Wildman–Crippen LogP) is 2.16. The van der Waals surface area contributed by atoms with Gasteiger partial charge in [0.1, 0.15) is 0 Å². The molecule has 1 fully saturated rings. The molecule has 4 heteroatoms. The van der Waals surface area contributed by atoms with Crippen LogP contribution in [-0.2, 0) is 0 Å². The van der Waals surface area contributed by atoms with Crippen molar-refractivity contribution in [3.63, 3.8) is 0 Å². The lowest BCUT2D eigenvalue weighted by molar-refractivity contribution is 0.805. The summed E-state index contributed by atoms with van der Waals surface area (Å²) in [6.07, 6.45) is 2.67. The zero-order valence-corrected chi connectivity index (χ0v) is 9.52. The van der Waals surface area contributed by atoms with Gasteiger partial charge in [0.05, 0.1) is 11.4 Å². The van der Waals surface area contributed by atoms with Gasteiger partial charge in [-0.15, -0.1) is 0 Å². The number of thioether (sulfide) groups is 1. The van der Waals surface area contributed by atoms with Gasteiger partial charge in [-0.25, -0.2) is 0 Å². The third-order valence-corrected chi connectivity index (χ3v) is 4.04. The maximum atomic E-state index is 5.73. The highest BCUT2D eigenvalue weighted by Gasteiger charge is 2.14. The Morgan fingerprint density at radius 1 is 1.33 bits per heavy atom. The summed E-state index contributed by atoms with van der Waals surface area (Å²) in [4.78, 5) is 0. The SMILES string of the molecule is Nc1ccc(NCC2CCCS2)cc1N. The number of nitrogen functional groups attached to an aromatic ring is 2. The van der Waals surface area contributed by atoms with Gasteiger partial charge in [-0.2, -0.15) is 11.8 Å². The van der Waals surface area contributed by atoms with E-state index in [0.717, 1.165) is 17.5 Å². The molecule has 1 aliphatic rings. The lowest BCUT2D eigenvalue weighted by Gasteiger charge is -2.12. The molecule has 0 radical (unpaired) electrons. The van der Waals surface area contributed by atoms with E-state index in [2.05, 4.69) is 17.1 Å². The van der Waals surface area contributed by atoms with E-state index in [0.29, 0.717) is 11.4 Å². The normalized spacial score (nSPS) is 20.4. The minimum atomic E-state index is 0.649. The second kappa shape index (κ2) is 4.66. The number of hydrogen-bond acceptors (Lipinski definition) is 4. The van der Waals surface area contributed by atoms with Crippen LogP contribution in [0.2, 0.25) is 0 Å². The van der Waals surface area contributed by atoms with Crippen LogP contribution < -0.4 is 16.8 Å². The van der Waals surface area contributed by atoms with Crippen LogP contribution in [0.1, 0.15) is 12.8 Å². The Hall–Kier alpha value is -1.03. The molecule has 0 aromatic heterocycles. The van der Waals surface area contributed by atoms with Gasteiger partial charge in [0.15, 0.2) is 0 Å². The monoisotopic (exact) mass is 223 g/mol. The van der Waals surface area contributed by atoms with E-state index in [-0.39, 0.29) is 0 Å². The predicted molar refractivity (Wildman–Crippen MR) is 69.2 cm³/mol. The third-order valence-electron chi connectivity index (χ3n) is 2.64. The van der Waals surface area contributed by atoms with Crippen molar-refractivity contribution in [1.29, 1.82) is 0 Å². The van der Waals surface area contributed by atoms with Gasteiger partial charge in [0, 0.05) is 17.5 Å². The van der Waals surface area contributed by atoms with Gasteiger partial charge in [-0.05, 0) is 36.8 Å². The highest BCUT2D eigenvalue weighted by Crippen LogP contribution is 2.27. The molecule has 3 nitrogen and oxygen atoms in total. The van der Waals surface area contributed by atoms with Crippen LogP contribution in [0.5, 0.6) is 0 Å². The van der Waals surface area contributed by atoms with Gasteiger partial charge >= 0.3 is 0 Å². The van der Waals surface area contributed by atoms with Crippen LogP contribution in [0.15, 0.2) is 18.2 Å². The molecule has 0 amide bonds. The van der Waals surface area contributed by atoms with E-state index >= 15 is 0 Å². The smallest absolute Gasteiger partial charge is 0.0568 e. The Balaban J connectivity index is 1.90. The standard InChI is InChI=1S/C11H17N3S/c12-10-4-3-8(6-11(10)13)14-7-9-2-1-5-15-9/h3-4,6,9,14H,1-2,5,7,12-13H2. The summed E-state index contributed by atoms with van der Waals surface area (Å²) < 4.78 is 0. The maximum absolute atomic E-state index is 5.73. The second-order valence-electron chi connectivity index (χ2n) is 3.86. The van der Waals surface area contributed by atoms with E-state index in [1.165, 1.54) is 18.6 Å². The Morgan fingerprint density at radius 3 is 2.87 bits per heavy atom. The third kappa shape index (κ3) is 2.72. The van der Waals surface area contributed by atoms with Crippen molar-refractivity contribution in [3.05, 3.63) is 18.2 Å². The number of nitrogens with two attached hydrogens (primary N) is 2. The summed E-state index contributed by atoms with van der Waals surface area (Å²) in [7, 11) is 0. The van der Waals surface area contributed by atoms with Crippen LogP contribution in [0.3, 0.4) is 0 Å². The average Bonchev–Trinajstić information content (AvgIpc) is 2.73. The molecule has 1 heterocycles. The first-order valence-electron chi connectivity index (χ1n) is 5.26. The topological polar surface area (TPSA) is 64.1 Å². The van der Waals surface area contributed by atoms with Gasteiger partial charge in [0.2, 0.25) is 0 Å². The molecule has 0 bridgehead atoms. The van der Waals surface area contributed by atoms with Gasteiger partial charge in [0.25, 0.3) is 0 Å². The molecular weight excluding hydrogens is 206 g/mol. The Labute approximate surface area is 94.6 Å². The molecule has 15 heavy (non-hydrogen) atoms. The van der Waals surface area contributed by atoms with Gasteiger partial charge in [-0.1, -0.05) is 0 Å². The molecule has 82 valence electrons. The summed E-state index contributed by atoms with van der Waals surface area (Å²) in [6, 6.07) is 5.72. The molecule has 5 N–H and O–H groups in total. The molecule has 1 atom stereocenters. The molecule has 1 aromatic carbocycles. The first-order valence-corrected chi connectivity index (χ1v) is 6.31. The van der Waals surface area contributed by atoms with Crippen molar-refractivity contribution in [2.75, 3.05) is 29.1 Å². The first-order chi connectivity index (χ1) is 7.25. The summed E-state index contributed by atoms with van der Waals surface area (Å²) in [5.41, 5.74) is 13.7. The highest BCUT2D eigenvalue weighted by molar-refractivity contribution is 8.00. The van der Waals surface area contributed by atoms with E-state index in [1.807, 2.05) is 18.2 Å². The molecule has 0 aliphatic carbocycles. The lowest BCUT2D eigenvalue weighted by atomic mass is 10.2. The van der Waals surface area contributed by atoms with Gasteiger partial charge in [-0.3, -0.25) is 0 Å². The number of nitrogens with one attached hydrogen (secondary N) is 1. The second-order valence-corrected chi connectivity index (χ2v) is 5.27. The fourth-order valence-electron chi connectivity index (χ4n) is 1.72. The van der Waals surface area contributed by atoms with Crippen molar-refractivity contribution in [1.82, 2.24) is 0 Å². The van der Waals surface area contributed by atoms with E-state index in [1.54, 1.807) is 0 Å². The van der Waals surface area contributed by atoms with Crippen molar-refractivity contribution in [3.8, 4) is 0 Å². The van der Waals surface area contributed by atoms with Crippen LogP contribution in [0.4, 0.5) is 17.1 Å². The Kier molecular flexibility index (Phi) is 3.26. The zero-order valence-electron chi connectivity index (χ0n) is 8.70. The molecular formula is C11H17N3S. The van der Waals surface area contributed by atoms with Crippen LogP contribution >= 0.6 is 11.8 Å². The van der Waals surface area contributed by atoms with Crippen molar-refractivity contribution >= 4 is 28.8 Å². The maximum Gasteiger partial charge on any atom is 0.0568 e. The molecule has 0 spiro atoms. The minimum Gasteiger partial charge on any atom is -0.397 e. The number of rotatable bonds is 3. The van der Waals surface area contributed by atoms with Crippen molar-refractivity contribution in [2.24, 2.45) is 0 Å². The van der Waals surface area contributed by atoms with E-state index in [9.17, 15) is 0 Å². The van der Waals surface area contributed by atoms with Crippen molar-refractivity contribution in [2.45, 2.75) is 18.1 Å². The zero-order chi connectivity index (χ0) is 10.7. The van der Waals surface area contributed by atoms with Crippen LogP contribution in [0.25, 0.3) is 0 Å². The van der Waals surface area contributed by atoms with Gasteiger partial charge < -0.3 is 16.8 Å². The Bertz CT molecular complexity index is 335. The fourth-order valence-corrected chi connectivity index (χ4v) is 2.92. The summed E-state index contributed by atoms with van der Waals surface area (Å²) in [5.74, 6) is 1.30.